The molecule has 0 radical (unpaired) electrons. The summed E-state index contributed by atoms with van der Waals surface area (Å²) in [5.74, 6) is -0.599. The summed E-state index contributed by atoms with van der Waals surface area (Å²) in [6, 6.07) is 0. The van der Waals surface area contributed by atoms with Gasteiger partial charge in [0.15, 0.2) is 0 Å². The molecule has 0 spiro atoms. The standard InChI is InChI=1S/C18H24N2O6S2/c21-14-5-6-15(22)20(14)26-18(25)12-3-1-11(2-4-12)10-19-16(23)9-13(17(19)24)28-8-7-27/h11-13,27H,1-10H2. The number of rotatable bonds is 7. The fourth-order valence-corrected chi connectivity index (χ4v) is 5.07. The van der Waals surface area contributed by atoms with E-state index in [2.05, 4.69) is 12.6 Å². The lowest BCUT2D eigenvalue weighted by Gasteiger charge is -2.30. The highest BCUT2D eigenvalue weighted by molar-refractivity contribution is 8.01. The van der Waals surface area contributed by atoms with Gasteiger partial charge in [0.1, 0.15) is 0 Å². The lowest BCUT2D eigenvalue weighted by Crippen LogP contribution is -2.39. The maximum Gasteiger partial charge on any atom is 0.336 e. The van der Waals surface area contributed by atoms with Crippen molar-refractivity contribution in [2.45, 2.75) is 50.2 Å². The Hall–Kier alpha value is -1.55. The summed E-state index contributed by atoms with van der Waals surface area (Å²) >= 11 is 5.61. The molecule has 1 atom stereocenters. The van der Waals surface area contributed by atoms with Gasteiger partial charge in [0.2, 0.25) is 11.8 Å². The van der Waals surface area contributed by atoms with Gasteiger partial charge in [0.05, 0.1) is 11.2 Å². The zero-order valence-electron chi connectivity index (χ0n) is 15.5. The SMILES string of the molecule is O=C(ON1C(=O)CCC1=O)C1CCC(CN2C(=O)CC(SCCS)C2=O)CC1. The van der Waals surface area contributed by atoms with E-state index in [1.165, 1.54) is 16.7 Å². The number of nitrogens with zero attached hydrogens (tertiary/aromatic N) is 2. The molecule has 154 valence electrons. The molecule has 0 aromatic heterocycles. The number of thiol groups is 1. The number of imide groups is 2. The van der Waals surface area contributed by atoms with Crippen LogP contribution in [0.15, 0.2) is 0 Å². The van der Waals surface area contributed by atoms with Gasteiger partial charge in [0, 0.05) is 31.6 Å². The van der Waals surface area contributed by atoms with E-state index in [0.29, 0.717) is 43.0 Å². The first kappa shape index (κ1) is 21.2. The van der Waals surface area contributed by atoms with Crippen LogP contribution in [0.3, 0.4) is 0 Å². The third-order valence-corrected chi connectivity index (χ3v) is 7.16. The van der Waals surface area contributed by atoms with Crippen LogP contribution in [0.2, 0.25) is 0 Å². The minimum atomic E-state index is -0.557. The van der Waals surface area contributed by atoms with E-state index in [1.807, 2.05) is 0 Å². The molecule has 2 saturated heterocycles. The average molecular weight is 429 g/mol. The summed E-state index contributed by atoms with van der Waals surface area (Å²) in [5, 5.41) is 0.278. The van der Waals surface area contributed by atoms with Crippen LogP contribution >= 0.6 is 24.4 Å². The Balaban J connectivity index is 1.46. The average Bonchev–Trinajstić information content (AvgIpc) is 3.14. The zero-order valence-corrected chi connectivity index (χ0v) is 17.2. The first-order valence-corrected chi connectivity index (χ1v) is 11.2. The smallest absolute Gasteiger partial charge is 0.330 e. The lowest BCUT2D eigenvalue weighted by atomic mass is 9.82. The number of thioether (sulfide) groups is 1. The molecule has 0 bridgehead atoms. The number of likely N-dealkylation sites (tertiary alicyclic amines) is 1. The molecule has 2 aliphatic heterocycles. The zero-order chi connectivity index (χ0) is 20.3. The Kier molecular flexibility index (Phi) is 7.03. The van der Waals surface area contributed by atoms with Crippen molar-refractivity contribution >= 4 is 54.0 Å². The van der Waals surface area contributed by atoms with Crippen LogP contribution in [0.25, 0.3) is 0 Å². The Labute approximate surface area is 173 Å². The Morgan fingerprint density at radius 2 is 1.68 bits per heavy atom. The van der Waals surface area contributed by atoms with E-state index in [0.717, 1.165) is 5.75 Å². The van der Waals surface area contributed by atoms with E-state index in [4.69, 9.17) is 4.84 Å². The molecule has 3 aliphatic rings. The topological polar surface area (TPSA) is 101 Å². The second-order valence-electron chi connectivity index (χ2n) is 7.34. The van der Waals surface area contributed by atoms with Gasteiger partial charge in [-0.15, -0.1) is 16.8 Å². The second kappa shape index (κ2) is 9.30. The molecule has 4 amide bonds. The van der Waals surface area contributed by atoms with Crippen molar-refractivity contribution in [2.75, 3.05) is 18.1 Å². The fourth-order valence-electron chi connectivity index (χ4n) is 3.83. The molecule has 2 heterocycles. The van der Waals surface area contributed by atoms with Crippen LogP contribution in [0, 0.1) is 11.8 Å². The van der Waals surface area contributed by atoms with Crippen molar-refractivity contribution in [2.24, 2.45) is 11.8 Å². The molecule has 10 heteroatoms. The van der Waals surface area contributed by atoms with E-state index in [-0.39, 0.29) is 48.2 Å². The van der Waals surface area contributed by atoms with Crippen molar-refractivity contribution in [3.05, 3.63) is 0 Å². The molecule has 0 aromatic carbocycles. The van der Waals surface area contributed by atoms with E-state index < -0.39 is 17.8 Å². The first-order chi connectivity index (χ1) is 13.4. The molecule has 0 aromatic rings. The van der Waals surface area contributed by atoms with Gasteiger partial charge in [-0.2, -0.15) is 12.6 Å². The van der Waals surface area contributed by atoms with Gasteiger partial charge in [-0.3, -0.25) is 24.1 Å². The summed E-state index contributed by atoms with van der Waals surface area (Å²) < 4.78 is 0. The van der Waals surface area contributed by atoms with Gasteiger partial charge in [-0.05, 0) is 37.4 Å². The third kappa shape index (κ3) is 4.71. The molecule has 1 aliphatic carbocycles. The van der Waals surface area contributed by atoms with Crippen molar-refractivity contribution in [1.82, 2.24) is 9.96 Å². The van der Waals surface area contributed by atoms with Gasteiger partial charge >= 0.3 is 5.97 Å². The van der Waals surface area contributed by atoms with Crippen LogP contribution in [-0.4, -0.2) is 62.9 Å². The minimum absolute atomic E-state index is 0.0734. The Morgan fingerprint density at radius 1 is 1.04 bits per heavy atom. The van der Waals surface area contributed by atoms with Crippen LogP contribution < -0.4 is 0 Å². The number of carbonyl (C=O) groups is 5. The normalized spacial score (nSPS) is 28.4. The molecule has 1 saturated carbocycles. The van der Waals surface area contributed by atoms with E-state index >= 15 is 0 Å². The predicted octanol–water partition coefficient (Wildman–Crippen LogP) is 1.19. The number of amides is 4. The predicted molar refractivity (Wildman–Crippen MR) is 104 cm³/mol. The van der Waals surface area contributed by atoms with Gasteiger partial charge < -0.3 is 4.84 Å². The highest BCUT2D eigenvalue weighted by atomic mass is 32.2. The largest absolute Gasteiger partial charge is 0.336 e. The minimum Gasteiger partial charge on any atom is -0.330 e. The van der Waals surface area contributed by atoms with E-state index in [9.17, 15) is 24.0 Å². The molecule has 8 nitrogen and oxygen atoms in total. The number of hydroxylamine groups is 2. The lowest BCUT2D eigenvalue weighted by molar-refractivity contribution is -0.201. The molecule has 3 fully saturated rings. The van der Waals surface area contributed by atoms with Crippen molar-refractivity contribution in [3.63, 3.8) is 0 Å². The Morgan fingerprint density at radius 3 is 2.29 bits per heavy atom. The quantitative estimate of drug-likeness (QED) is 0.480. The van der Waals surface area contributed by atoms with Crippen molar-refractivity contribution in [1.29, 1.82) is 0 Å². The number of hydrogen-bond donors (Lipinski definition) is 1. The number of carbonyl (C=O) groups excluding carboxylic acids is 5. The van der Waals surface area contributed by atoms with Crippen molar-refractivity contribution in [3.8, 4) is 0 Å². The highest BCUT2D eigenvalue weighted by Gasteiger charge is 2.41. The van der Waals surface area contributed by atoms with Gasteiger partial charge in [-0.25, -0.2) is 4.79 Å². The van der Waals surface area contributed by atoms with Crippen LogP contribution in [0.4, 0.5) is 0 Å². The molecule has 1 unspecified atom stereocenters. The Bertz CT molecular complexity index is 661. The summed E-state index contributed by atoms with van der Waals surface area (Å²) in [6.07, 6.45) is 2.87. The molecule has 28 heavy (non-hydrogen) atoms. The van der Waals surface area contributed by atoms with Gasteiger partial charge in [0.25, 0.3) is 11.8 Å². The molecule has 3 rings (SSSR count). The molecule has 0 N–H and O–H groups in total. The highest BCUT2D eigenvalue weighted by Crippen LogP contribution is 2.33. The van der Waals surface area contributed by atoms with Crippen LogP contribution in [0.1, 0.15) is 44.9 Å². The van der Waals surface area contributed by atoms with Gasteiger partial charge in [-0.1, -0.05) is 0 Å². The third-order valence-electron chi connectivity index (χ3n) is 5.42. The summed E-state index contributed by atoms with van der Waals surface area (Å²) in [6.45, 7) is 0.389. The molecular formula is C18H24N2O6S2. The first-order valence-electron chi connectivity index (χ1n) is 9.55. The maximum atomic E-state index is 12.4. The monoisotopic (exact) mass is 428 g/mol. The van der Waals surface area contributed by atoms with Crippen LogP contribution in [-0.2, 0) is 28.8 Å². The van der Waals surface area contributed by atoms with Crippen LogP contribution in [0.5, 0.6) is 0 Å². The summed E-state index contributed by atoms with van der Waals surface area (Å²) in [5.41, 5.74) is 0. The number of hydrogen-bond acceptors (Lipinski definition) is 8. The second-order valence-corrected chi connectivity index (χ2v) is 9.10. The maximum absolute atomic E-state index is 12.4. The summed E-state index contributed by atoms with van der Waals surface area (Å²) in [7, 11) is 0. The molecular weight excluding hydrogens is 404 g/mol. The van der Waals surface area contributed by atoms with E-state index in [1.54, 1.807) is 0 Å². The summed E-state index contributed by atoms with van der Waals surface area (Å²) in [4.78, 5) is 66.3. The fraction of sp³-hybridized carbons (Fsp3) is 0.722. The van der Waals surface area contributed by atoms with Crippen molar-refractivity contribution < 1.29 is 28.8 Å².